The molecule has 0 rings (SSSR count). The van der Waals surface area contributed by atoms with Crippen LogP contribution in [0.3, 0.4) is 0 Å². The zero-order valence-electron chi connectivity index (χ0n) is 2.70. The molecule has 0 saturated carbocycles. The van der Waals surface area contributed by atoms with Gasteiger partial charge in [0.1, 0.15) is 0 Å². The summed E-state index contributed by atoms with van der Waals surface area (Å²) in [5, 5.41) is 0. The van der Waals surface area contributed by atoms with Crippen molar-refractivity contribution in [2.24, 2.45) is 0 Å². The van der Waals surface area contributed by atoms with E-state index >= 15 is 0 Å². The van der Waals surface area contributed by atoms with Gasteiger partial charge >= 0.3 is 46.8 Å². The second-order valence-electron chi connectivity index (χ2n) is 0.600. The maximum absolute atomic E-state index is 7.33. The summed E-state index contributed by atoms with van der Waals surface area (Å²) in [6.07, 6.45) is 0. The molecule has 0 saturated heterocycles. The van der Waals surface area contributed by atoms with E-state index in [1.165, 1.54) is 0 Å². The van der Waals surface area contributed by atoms with Crippen LogP contribution in [0.2, 0.25) is 0 Å². The van der Waals surface area contributed by atoms with Crippen LogP contribution in [0.15, 0.2) is 0 Å². The van der Waals surface area contributed by atoms with Gasteiger partial charge in [0.25, 0.3) is 0 Å². The van der Waals surface area contributed by atoms with Gasteiger partial charge in [-0.25, -0.2) is 0 Å². The largest absolute Gasteiger partial charge is 0.0149 e. The number of rotatable bonds is 0. The summed E-state index contributed by atoms with van der Waals surface area (Å²) < 4.78 is 0. The molecule has 9 heteroatoms. The molecule has 0 spiro atoms. The molecule has 0 radical (unpaired) electrons. The molecule has 0 aromatic rings. The van der Waals surface area contributed by atoms with E-state index in [9.17, 15) is 0 Å². The molecule has 0 atom stereocenters. The Bertz CT molecular complexity index is 34.0. The van der Waals surface area contributed by atoms with Crippen molar-refractivity contribution < 1.29 is 23.9 Å². The first-order valence-corrected chi connectivity index (χ1v) is 2.68. The van der Waals surface area contributed by atoms with Gasteiger partial charge in [-0.1, -0.05) is 0 Å². The number of halogens is 1. The van der Waals surface area contributed by atoms with E-state index in [1.807, 2.05) is 0 Å². The van der Waals surface area contributed by atoms with E-state index in [0.29, 0.717) is 0 Å². The summed E-state index contributed by atoms with van der Waals surface area (Å²) in [7, 11) is -4.61. The first-order chi connectivity index (χ1) is 2.00. The van der Waals surface area contributed by atoms with Gasteiger partial charge in [-0.2, -0.15) is 0 Å². The molecular weight excluding hydrogens is 206 g/mol. The smallest absolute Gasteiger partial charge is 0.0149 e. The Morgan fingerprint density at radius 2 is 0.889 bits per heavy atom. The third-order valence-electron chi connectivity index (χ3n) is 0. The van der Waals surface area contributed by atoms with Crippen LogP contribution in [0.25, 0.3) is 0 Å². The van der Waals surface area contributed by atoms with E-state index in [1.54, 1.807) is 0 Å². The average molecular weight is 220 g/mol. The molecule has 0 fully saturated rings. The van der Waals surface area contributed by atoms with Gasteiger partial charge in [0.15, 0.2) is 17.4 Å². The second kappa shape index (κ2) is 12.7. The minimum atomic E-state index is -4.61. The minimum absolute atomic E-state index is 0. The van der Waals surface area contributed by atoms with Crippen molar-refractivity contribution in [1.82, 2.24) is 0 Å². The van der Waals surface area contributed by atoms with Gasteiger partial charge in [0.05, 0.1) is 0 Å². The third kappa shape index (κ3) is 160. The minimum Gasteiger partial charge on any atom is -0.0149 e. The molecule has 58 valence electrons. The Morgan fingerprint density at radius 1 is 0.889 bits per heavy atom. The van der Waals surface area contributed by atoms with E-state index in [2.05, 4.69) is 0 Å². The monoisotopic (exact) mass is 220 g/mol. The van der Waals surface area contributed by atoms with Crippen molar-refractivity contribution in [1.29, 1.82) is 0 Å². The molecule has 0 unspecified atom stereocenters. The summed E-state index contributed by atoms with van der Waals surface area (Å²) in [6.45, 7) is 0. The van der Waals surface area contributed by atoms with Crippen LogP contribution in [0, 0.1) is 0 Å². The maximum atomic E-state index is 7.33. The van der Waals surface area contributed by atoms with Crippen molar-refractivity contribution in [3.05, 3.63) is 0 Å². The normalized spacial score (nSPS) is 6.67. The van der Waals surface area contributed by atoms with E-state index < -0.39 is 9.05 Å². The quantitative estimate of drug-likeness (QED) is 0.306. The number of hydrogen-bond donors (Lipinski definition) is 4. The van der Waals surface area contributed by atoms with Gasteiger partial charge in [-0.15, -0.1) is 0 Å². The maximum Gasteiger partial charge on any atom is -0.0149 e. The van der Waals surface area contributed by atoms with Crippen LogP contribution in [-0.2, 0) is 0 Å². The zero-order chi connectivity index (χ0) is 4.50. The first kappa shape index (κ1) is 30.6. The molecule has 4 nitrogen and oxygen atoms in total. The molecule has 0 aliphatic rings. The van der Waals surface area contributed by atoms with Crippen LogP contribution in [0.4, 0.5) is 4.70 Å². The second-order valence-corrected chi connectivity index (χ2v) is 1.80. The Hall–Kier alpha value is 2.00. The van der Waals surface area contributed by atoms with Gasteiger partial charge in [-0.05, 0) is 11.0 Å². The molecule has 0 aliphatic carbocycles. The molecule has 0 heterocycles. The average Bonchev–Trinajstić information content (AvgIpc) is 0.722. The fourth-order valence-corrected chi connectivity index (χ4v) is 0. The van der Waals surface area contributed by atoms with Crippen LogP contribution in [0.5, 0.6) is 0 Å². The Morgan fingerprint density at radius 3 is 0.889 bits per heavy atom. The van der Waals surface area contributed by atoms with Gasteiger partial charge in [0.2, 0.25) is 0 Å². The topological polar surface area (TPSA) is 80.9 Å². The van der Waals surface area contributed by atoms with Crippen LogP contribution in [-0.4, -0.2) is 94.3 Å². The molecule has 0 amide bonds. The van der Waals surface area contributed by atoms with Crippen LogP contribution >= 0.6 is 0 Å². The molecule has 9 heavy (non-hydrogen) atoms. The molecule has 0 aromatic heterocycles. The standard InChI is InChI=1S/Al.Ca.FH.H4O4Si.H4Si.5H/c;;;1-5(2,3)4;;;;;;/h;;1H;1-4H;1H4;;;;;. The Kier molecular flexibility index (Phi) is 43.0. The Labute approximate surface area is 97.9 Å². The molecule has 0 aliphatic heterocycles. The van der Waals surface area contributed by atoms with Crippen molar-refractivity contribution in [3.8, 4) is 0 Å². The fraction of sp³-hybridized carbons (Fsp3) is 0. The van der Waals surface area contributed by atoms with E-state index in [0.717, 1.165) is 0 Å². The van der Waals surface area contributed by atoms with Crippen molar-refractivity contribution in [2.45, 2.75) is 0 Å². The van der Waals surface area contributed by atoms with Crippen molar-refractivity contribution in [2.75, 3.05) is 0 Å². The number of hydrogen-bond acceptors (Lipinski definition) is 4. The first-order valence-electron chi connectivity index (χ1n) is 0.894. The Balaban J connectivity index is -0.0000000133. The summed E-state index contributed by atoms with van der Waals surface area (Å²) in [6, 6.07) is 0. The molecular formula is H14AlCaFO4Si2. The summed E-state index contributed by atoms with van der Waals surface area (Å²) in [4.78, 5) is 29.3. The summed E-state index contributed by atoms with van der Waals surface area (Å²) in [5.41, 5.74) is 0. The van der Waals surface area contributed by atoms with Gasteiger partial charge in [0, 0.05) is 0 Å². The molecule has 0 aromatic carbocycles. The van der Waals surface area contributed by atoms with Crippen molar-refractivity contribution >= 4 is 75.1 Å². The predicted octanol–water partition coefficient (Wildman–Crippen LogP) is -6.01. The van der Waals surface area contributed by atoms with Gasteiger partial charge in [-0.3, -0.25) is 4.70 Å². The zero-order valence-corrected chi connectivity index (χ0v) is 3.70. The summed E-state index contributed by atoms with van der Waals surface area (Å²) >= 11 is 0. The molecule has 0 bridgehead atoms. The van der Waals surface area contributed by atoms with Crippen molar-refractivity contribution in [3.63, 3.8) is 0 Å². The summed E-state index contributed by atoms with van der Waals surface area (Å²) in [5.74, 6) is 0. The third-order valence-corrected chi connectivity index (χ3v) is 0. The van der Waals surface area contributed by atoms with E-state index in [4.69, 9.17) is 19.2 Å². The van der Waals surface area contributed by atoms with Gasteiger partial charge < -0.3 is 19.2 Å². The predicted molar refractivity (Wildman–Crippen MR) is 46.9 cm³/mol. The van der Waals surface area contributed by atoms with E-state index in [-0.39, 0.29) is 70.8 Å². The van der Waals surface area contributed by atoms with Crippen LogP contribution in [0.1, 0.15) is 0 Å². The SMILES string of the molecule is F.O[Si](O)(O)O.[AlH3].[CaH2].[SiH4]. The van der Waals surface area contributed by atoms with Crippen LogP contribution < -0.4 is 0 Å². The fourth-order valence-electron chi connectivity index (χ4n) is 0. The molecule has 4 N–H and O–H groups in total.